The maximum atomic E-state index is 13.2. The van der Waals surface area contributed by atoms with Gasteiger partial charge < -0.3 is 9.64 Å². The molecule has 0 N–H and O–H groups in total. The molecule has 1 aromatic carbocycles. The van der Waals surface area contributed by atoms with E-state index < -0.39 is 0 Å². The molecule has 0 bridgehead atoms. The first-order valence-corrected chi connectivity index (χ1v) is 13.4. The minimum atomic E-state index is -0.0367. The summed E-state index contributed by atoms with van der Waals surface area (Å²) in [7, 11) is 0. The van der Waals surface area contributed by atoms with Gasteiger partial charge in [0.2, 0.25) is 5.91 Å². The van der Waals surface area contributed by atoms with Crippen molar-refractivity contribution in [3.63, 3.8) is 0 Å². The number of likely N-dealkylation sites (tertiary alicyclic amines) is 1. The van der Waals surface area contributed by atoms with Crippen molar-refractivity contribution in [1.29, 1.82) is 0 Å². The fraction of sp³-hybridized carbons (Fsp3) is 0.542. The fourth-order valence-corrected chi connectivity index (χ4v) is 6.58. The summed E-state index contributed by atoms with van der Waals surface area (Å²) < 4.78 is 6.37. The monoisotopic (exact) mass is 457 g/mol. The molecule has 2 saturated heterocycles. The molecular weight excluding hydrogens is 426 g/mol. The number of thioether (sulfide) groups is 1. The maximum absolute atomic E-state index is 13.2. The molecule has 0 aliphatic carbocycles. The summed E-state index contributed by atoms with van der Waals surface area (Å²) in [4.78, 5) is 20.2. The lowest BCUT2D eigenvalue weighted by Gasteiger charge is -2.40. The van der Waals surface area contributed by atoms with Crippen molar-refractivity contribution < 1.29 is 9.53 Å². The minimum absolute atomic E-state index is 0.0367. The number of ether oxygens (including phenoxy) is 1. The van der Waals surface area contributed by atoms with Gasteiger partial charge in [0.05, 0.1) is 6.54 Å². The number of carbonyl (C=O) groups is 1. The van der Waals surface area contributed by atoms with E-state index in [2.05, 4.69) is 55.4 Å². The minimum Gasteiger partial charge on any atom is -0.484 e. The quantitative estimate of drug-likeness (QED) is 0.699. The summed E-state index contributed by atoms with van der Waals surface area (Å²) in [5.41, 5.74) is 2.36. The maximum Gasteiger partial charge on any atom is 0.236 e. The molecule has 2 aromatic rings. The Hall–Kier alpha value is -1.54. The van der Waals surface area contributed by atoms with Crippen LogP contribution >= 0.6 is 23.1 Å². The Labute approximate surface area is 193 Å². The lowest BCUT2D eigenvalue weighted by Crippen LogP contribution is -2.50. The molecule has 4 heterocycles. The summed E-state index contributed by atoms with van der Waals surface area (Å²) in [6.45, 7) is 6.15. The van der Waals surface area contributed by atoms with Gasteiger partial charge in [-0.1, -0.05) is 18.2 Å². The normalized spacial score (nSPS) is 23.7. The second-order valence-corrected chi connectivity index (χ2v) is 10.7. The summed E-state index contributed by atoms with van der Waals surface area (Å²) in [5, 5.41) is 4.25. The Morgan fingerprint density at radius 3 is 2.65 bits per heavy atom. The number of amides is 1. The first-order valence-electron chi connectivity index (χ1n) is 11.3. The van der Waals surface area contributed by atoms with E-state index in [9.17, 15) is 4.79 Å². The van der Waals surface area contributed by atoms with Crippen molar-refractivity contribution in [1.82, 2.24) is 14.7 Å². The molecule has 31 heavy (non-hydrogen) atoms. The third-order valence-electron chi connectivity index (χ3n) is 6.71. The molecule has 5 nitrogen and oxygen atoms in total. The number of carbonyl (C=O) groups excluding carboxylic acids is 1. The van der Waals surface area contributed by atoms with Crippen LogP contribution in [0.25, 0.3) is 0 Å². The molecule has 1 unspecified atom stereocenters. The molecule has 7 heteroatoms. The van der Waals surface area contributed by atoms with Crippen LogP contribution in [-0.4, -0.2) is 77.4 Å². The molecule has 0 radical (unpaired) electrons. The number of benzene rings is 1. The van der Waals surface area contributed by atoms with E-state index in [1.165, 1.54) is 30.2 Å². The number of fused-ring (bicyclic) bond motifs is 1. The van der Waals surface area contributed by atoms with Gasteiger partial charge in [0.25, 0.3) is 0 Å². The molecule has 3 aliphatic rings. The van der Waals surface area contributed by atoms with Gasteiger partial charge in [0.1, 0.15) is 11.9 Å². The van der Waals surface area contributed by atoms with Crippen molar-refractivity contribution in [3.05, 3.63) is 52.2 Å². The molecule has 2 fully saturated rings. The zero-order valence-corrected chi connectivity index (χ0v) is 19.6. The van der Waals surface area contributed by atoms with Crippen molar-refractivity contribution in [2.75, 3.05) is 50.8 Å². The molecule has 3 aliphatic heterocycles. The Morgan fingerprint density at radius 1 is 1.06 bits per heavy atom. The van der Waals surface area contributed by atoms with Crippen molar-refractivity contribution in [3.8, 4) is 5.75 Å². The van der Waals surface area contributed by atoms with E-state index in [4.69, 9.17) is 4.74 Å². The largest absolute Gasteiger partial charge is 0.484 e. The van der Waals surface area contributed by atoms with Crippen LogP contribution in [-0.2, 0) is 11.3 Å². The van der Waals surface area contributed by atoms with Gasteiger partial charge in [-0.15, -0.1) is 0 Å². The van der Waals surface area contributed by atoms with E-state index in [0.717, 1.165) is 50.3 Å². The molecular formula is C24H31N3O2S2. The van der Waals surface area contributed by atoms with Gasteiger partial charge in [0, 0.05) is 67.9 Å². The van der Waals surface area contributed by atoms with Gasteiger partial charge in [0.15, 0.2) is 0 Å². The number of rotatable bonds is 4. The van der Waals surface area contributed by atoms with E-state index >= 15 is 0 Å². The van der Waals surface area contributed by atoms with Crippen LogP contribution < -0.4 is 4.74 Å². The van der Waals surface area contributed by atoms with Crippen LogP contribution in [0.3, 0.4) is 0 Å². The summed E-state index contributed by atoms with van der Waals surface area (Å²) in [6, 6.07) is 11.0. The third kappa shape index (κ3) is 5.11. The Balaban J connectivity index is 1.22. The summed E-state index contributed by atoms with van der Waals surface area (Å²) in [6.07, 6.45) is 2.19. The lowest BCUT2D eigenvalue weighted by molar-refractivity contribution is -0.134. The predicted octanol–water partition coefficient (Wildman–Crippen LogP) is 3.72. The Bertz CT molecular complexity index is 861. The zero-order chi connectivity index (χ0) is 21.0. The molecule has 0 saturated carbocycles. The van der Waals surface area contributed by atoms with Crippen LogP contribution in [0, 0.1) is 0 Å². The highest BCUT2D eigenvalue weighted by Gasteiger charge is 2.30. The van der Waals surface area contributed by atoms with Crippen molar-refractivity contribution >= 4 is 29.0 Å². The van der Waals surface area contributed by atoms with E-state index in [-0.39, 0.29) is 12.0 Å². The van der Waals surface area contributed by atoms with Gasteiger partial charge in [-0.05, 0) is 35.7 Å². The lowest BCUT2D eigenvalue weighted by atomic mass is 10.0. The SMILES string of the molecule is O=C(CN1Cc2ccccc2OC(c2ccsc2)C1)N1CCC(N2CCSCC2)CC1. The highest BCUT2D eigenvalue weighted by Crippen LogP contribution is 2.32. The van der Waals surface area contributed by atoms with E-state index in [0.29, 0.717) is 12.6 Å². The number of thiophene rings is 1. The molecule has 0 spiro atoms. The molecule has 1 amide bonds. The highest BCUT2D eigenvalue weighted by atomic mass is 32.2. The Kier molecular flexibility index (Phi) is 6.84. The predicted molar refractivity (Wildman–Crippen MR) is 128 cm³/mol. The van der Waals surface area contributed by atoms with Crippen molar-refractivity contribution in [2.24, 2.45) is 0 Å². The van der Waals surface area contributed by atoms with Crippen LogP contribution in [0.5, 0.6) is 5.75 Å². The number of para-hydroxylation sites is 1. The fourth-order valence-electron chi connectivity index (χ4n) is 4.95. The second-order valence-electron chi connectivity index (χ2n) is 8.70. The number of hydrogen-bond acceptors (Lipinski definition) is 6. The molecule has 1 aromatic heterocycles. The number of piperidine rings is 1. The standard InChI is InChI=1S/C24H31N3O2S2/c28-24(27-8-5-21(6-9-27)26-10-13-30-14-11-26)17-25-15-19-3-1-2-4-22(19)29-23(16-25)20-7-12-31-18-20/h1-4,7,12,18,21,23H,5-6,8-11,13-17H2. The topological polar surface area (TPSA) is 36.0 Å². The molecule has 166 valence electrons. The van der Waals surface area contributed by atoms with Crippen LogP contribution in [0.15, 0.2) is 41.1 Å². The first kappa shape index (κ1) is 21.3. The van der Waals surface area contributed by atoms with Crippen LogP contribution in [0.4, 0.5) is 0 Å². The first-order chi connectivity index (χ1) is 15.3. The average molecular weight is 458 g/mol. The van der Waals surface area contributed by atoms with E-state index in [1.54, 1.807) is 11.3 Å². The Morgan fingerprint density at radius 2 is 1.87 bits per heavy atom. The van der Waals surface area contributed by atoms with Gasteiger partial charge in [-0.2, -0.15) is 23.1 Å². The smallest absolute Gasteiger partial charge is 0.236 e. The van der Waals surface area contributed by atoms with Crippen LogP contribution in [0.2, 0.25) is 0 Å². The van der Waals surface area contributed by atoms with E-state index in [1.807, 2.05) is 12.1 Å². The van der Waals surface area contributed by atoms with Gasteiger partial charge >= 0.3 is 0 Å². The average Bonchev–Trinajstić information content (AvgIpc) is 3.29. The highest BCUT2D eigenvalue weighted by molar-refractivity contribution is 7.99. The molecule has 5 rings (SSSR count). The van der Waals surface area contributed by atoms with Gasteiger partial charge in [-0.3, -0.25) is 14.6 Å². The summed E-state index contributed by atoms with van der Waals surface area (Å²) >= 11 is 3.75. The third-order valence-corrected chi connectivity index (χ3v) is 8.36. The number of hydrogen-bond donors (Lipinski definition) is 0. The van der Waals surface area contributed by atoms with Gasteiger partial charge in [-0.25, -0.2) is 0 Å². The molecule has 1 atom stereocenters. The number of nitrogens with zero attached hydrogens (tertiary/aromatic N) is 3. The zero-order valence-electron chi connectivity index (χ0n) is 17.9. The second kappa shape index (κ2) is 9.94. The van der Waals surface area contributed by atoms with Crippen molar-refractivity contribution in [2.45, 2.75) is 31.5 Å². The van der Waals surface area contributed by atoms with Crippen LogP contribution in [0.1, 0.15) is 30.1 Å². The summed E-state index contributed by atoms with van der Waals surface area (Å²) in [5.74, 6) is 3.71.